The third-order valence-electron chi connectivity index (χ3n) is 9.34. The van der Waals surface area contributed by atoms with Crippen LogP contribution in [0.1, 0.15) is 0 Å². The van der Waals surface area contributed by atoms with Gasteiger partial charge in [-0.25, -0.2) is 0 Å². The molecule has 0 radical (unpaired) electrons. The highest BCUT2D eigenvalue weighted by atomic mass is 15.1. The zero-order valence-corrected chi connectivity index (χ0v) is 26.4. The Morgan fingerprint density at radius 2 is 0.917 bits per heavy atom. The van der Waals surface area contributed by atoms with Gasteiger partial charge < -0.3 is 9.47 Å². The van der Waals surface area contributed by atoms with Crippen molar-refractivity contribution in [3.8, 4) is 27.9 Å². The number of hydrogen-bond acceptors (Lipinski definition) is 1. The maximum absolute atomic E-state index is 2.41. The van der Waals surface area contributed by atoms with Gasteiger partial charge in [0, 0.05) is 33.4 Å². The molecule has 0 bridgehead atoms. The van der Waals surface area contributed by atoms with Crippen molar-refractivity contribution in [3.05, 3.63) is 194 Å². The molecule has 0 saturated carbocycles. The highest BCUT2D eigenvalue weighted by Crippen LogP contribution is 2.43. The van der Waals surface area contributed by atoms with Crippen molar-refractivity contribution >= 4 is 49.6 Å². The highest BCUT2D eigenvalue weighted by Gasteiger charge is 2.19. The van der Waals surface area contributed by atoms with Crippen LogP contribution in [-0.4, -0.2) is 4.57 Å². The van der Waals surface area contributed by atoms with E-state index >= 15 is 0 Å². The Kier molecular flexibility index (Phi) is 6.84. The Bertz CT molecular complexity index is 2510. The van der Waals surface area contributed by atoms with Gasteiger partial charge in [-0.15, -0.1) is 0 Å². The fourth-order valence-corrected chi connectivity index (χ4v) is 7.21. The fraction of sp³-hybridized carbons (Fsp3) is 0. The molecule has 2 heteroatoms. The molecule has 0 atom stereocenters. The molecule has 0 aliphatic carbocycles. The number of benzene rings is 8. The highest BCUT2D eigenvalue weighted by molar-refractivity contribution is 6.10. The van der Waals surface area contributed by atoms with E-state index < -0.39 is 0 Å². The quantitative estimate of drug-likeness (QED) is 0.181. The molecule has 0 amide bonds. The average molecular weight is 613 g/mol. The van der Waals surface area contributed by atoms with E-state index in [0.29, 0.717) is 0 Å². The molecule has 8 aromatic carbocycles. The average Bonchev–Trinajstić information content (AvgIpc) is 3.50. The molecule has 0 aliphatic heterocycles. The lowest BCUT2D eigenvalue weighted by Gasteiger charge is -2.28. The van der Waals surface area contributed by atoms with Crippen molar-refractivity contribution in [2.45, 2.75) is 0 Å². The Labute approximate surface area is 280 Å². The minimum Gasteiger partial charge on any atom is -0.310 e. The summed E-state index contributed by atoms with van der Waals surface area (Å²) in [5.41, 5.74) is 11.7. The molecule has 0 N–H and O–H groups in total. The Morgan fingerprint density at radius 3 is 1.67 bits per heavy atom. The van der Waals surface area contributed by atoms with E-state index in [-0.39, 0.29) is 0 Å². The molecule has 0 aliphatic rings. The van der Waals surface area contributed by atoms with Gasteiger partial charge in [-0.2, -0.15) is 0 Å². The molecule has 226 valence electrons. The van der Waals surface area contributed by atoms with Gasteiger partial charge in [0.15, 0.2) is 0 Å². The van der Waals surface area contributed by atoms with Crippen molar-refractivity contribution in [2.24, 2.45) is 0 Å². The van der Waals surface area contributed by atoms with E-state index in [1.165, 1.54) is 54.8 Å². The van der Waals surface area contributed by atoms with Crippen molar-refractivity contribution in [2.75, 3.05) is 4.90 Å². The number of fused-ring (bicyclic) bond motifs is 4. The second-order valence-corrected chi connectivity index (χ2v) is 12.2. The first-order chi connectivity index (χ1) is 23.8. The van der Waals surface area contributed by atoms with Gasteiger partial charge in [-0.05, 0) is 82.1 Å². The summed E-state index contributed by atoms with van der Waals surface area (Å²) in [5, 5.41) is 4.97. The largest absolute Gasteiger partial charge is 0.310 e. The lowest BCUT2D eigenvalue weighted by Crippen LogP contribution is -2.11. The van der Waals surface area contributed by atoms with Crippen LogP contribution in [0.25, 0.3) is 60.5 Å². The normalized spacial score (nSPS) is 11.3. The first-order valence-electron chi connectivity index (χ1n) is 16.4. The first-order valence-corrected chi connectivity index (χ1v) is 16.4. The van der Waals surface area contributed by atoms with Gasteiger partial charge in [0.2, 0.25) is 0 Å². The lowest BCUT2D eigenvalue weighted by atomic mass is 9.96. The van der Waals surface area contributed by atoms with Gasteiger partial charge in [0.25, 0.3) is 0 Å². The predicted octanol–water partition coefficient (Wildman–Crippen LogP) is 12.7. The number of para-hydroxylation sites is 4. The van der Waals surface area contributed by atoms with Gasteiger partial charge in [0.1, 0.15) is 0 Å². The fourth-order valence-electron chi connectivity index (χ4n) is 7.21. The third-order valence-corrected chi connectivity index (χ3v) is 9.34. The summed E-state index contributed by atoms with van der Waals surface area (Å²) in [5.74, 6) is 0. The number of hydrogen-bond donors (Lipinski definition) is 0. The molecule has 2 nitrogen and oxygen atoms in total. The van der Waals surface area contributed by atoms with Crippen LogP contribution >= 0.6 is 0 Å². The van der Waals surface area contributed by atoms with Gasteiger partial charge in [-0.3, -0.25) is 0 Å². The van der Waals surface area contributed by atoms with Crippen LogP contribution in [0, 0.1) is 0 Å². The van der Waals surface area contributed by atoms with Gasteiger partial charge in [-0.1, -0.05) is 140 Å². The summed E-state index contributed by atoms with van der Waals surface area (Å²) in [6.45, 7) is 0. The minimum absolute atomic E-state index is 1.11. The molecule has 0 saturated heterocycles. The second-order valence-electron chi connectivity index (χ2n) is 12.2. The molecule has 9 aromatic rings. The van der Waals surface area contributed by atoms with Crippen LogP contribution in [0.5, 0.6) is 0 Å². The maximum atomic E-state index is 2.41. The van der Waals surface area contributed by atoms with E-state index in [1.807, 2.05) is 0 Å². The predicted molar refractivity (Wildman–Crippen MR) is 204 cm³/mol. The molecule has 9 rings (SSSR count). The van der Waals surface area contributed by atoms with Gasteiger partial charge >= 0.3 is 0 Å². The molecular formula is C46H32N2. The Hall–Kier alpha value is -6.38. The van der Waals surface area contributed by atoms with Crippen molar-refractivity contribution in [1.29, 1.82) is 0 Å². The topological polar surface area (TPSA) is 8.17 Å². The SMILES string of the molecule is c1ccc(-c2ccccc2N(c2ccccc2)c2cccc(-c3cc(-n4c5ccccc5c5ccccc54)cc4ccccc34)c2)cc1. The lowest BCUT2D eigenvalue weighted by molar-refractivity contribution is 1.19. The van der Waals surface area contributed by atoms with Crippen LogP contribution in [0.3, 0.4) is 0 Å². The smallest absolute Gasteiger partial charge is 0.0541 e. The van der Waals surface area contributed by atoms with Crippen molar-refractivity contribution < 1.29 is 0 Å². The second kappa shape index (κ2) is 11.8. The number of rotatable bonds is 6. The van der Waals surface area contributed by atoms with E-state index in [1.54, 1.807) is 0 Å². The van der Waals surface area contributed by atoms with Crippen molar-refractivity contribution in [1.82, 2.24) is 4.57 Å². The summed E-state index contributed by atoms with van der Waals surface area (Å²) < 4.78 is 2.41. The third kappa shape index (κ3) is 4.74. The Morgan fingerprint density at radius 1 is 0.354 bits per heavy atom. The molecular weight excluding hydrogens is 581 g/mol. The molecule has 48 heavy (non-hydrogen) atoms. The van der Waals surface area contributed by atoms with E-state index in [4.69, 9.17) is 0 Å². The molecule has 0 unspecified atom stereocenters. The summed E-state index contributed by atoms with van der Waals surface area (Å²) >= 11 is 0. The van der Waals surface area contributed by atoms with Crippen LogP contribution in [0.2, 0.25) is 0 Å². The Balaban J connectivity index is 1.27. The molecule has 1 heterocycles. The molecule has 0 fully saturated rings. The zero-order valence-electron chi connectivity index (χ0n) is 26.4. The number of aromatic nitrogens is 1. The van der Waals surface area contributed by atoms with Crippen molar-refractivity contribution in [3.63, 3.8) is 0 Å². The van der Waals surface area contributed by atoms with Gasteiger partial charge in [0.05, 0.1) is 16.7 Å². The number of nitrogens with zero attached hydrogens (tertiary/aromatic N) is 2. The maximum Gasteiger partial charge on any atom is 0.0541 e. The first kappa shape index (κ1) is 27.9. The summed E-state index contributed by atoms with van der Waals surface area (Å²) in [7, 11) is 0. The summed E-state index contributed by atoms with van der Waals surface area (Å²) in [4.78, 5) is 2.38. The monoisotopic (exact) mass is 612 g/mol. The molecule has 1 aromatic heterocycles. The van der Waals surface area contributed by atoms with Crippen LogP contribution in [0.4, 0.5) is 17.1 Å². The standard InChI is InChI=1S/C46H32N2/c1-3-16-33(17-4-1)40-24-9-12-27-44(40)47(36-20-5-2-6-21-36)37-22-15-19-35(30-37)43-32-38(31-34-18-7-8-23-39(34)43)48-45-28-13-10-25-41(45)42-26-11-14-29-46(42)48/h1-32H. The summed E-state index contributed by atoms with van der Waals surface area (Å²) in [6, 6.07) is 69.9. The van der Waals surface area contributed by atoms with E-state index in [9.17, 15) is 0 Å². The van der Waals surface area contributed by atoms with Crippen LogP contribution in [-0.2, 0) is 0 Å². The van der Waals surface area contributed by atoms with E-state index in [2.05, 4.69) is 204 Å². The number of anilines is 3. The molecule has 0 spiro atoms. The zero-order chi connectivity index (χ0) is 31.9. The minimum atomic E-state index is 1.11. The van der Waals surface area contributed by atoms with Crippen LogP contribution < -0.4 is 4.90 Å². The van der Waals surface area contributed by atoms with Crippen LogP contribution in [0.15, 0.2) is 194 Å². The van der Waals surface area contributed by atoms with E-state index in [0.717, 1.165) is 22.7 Å². The summed E-state index contributed by atoms with van der Waals surface area (Å²) in [6.07, 6.45) is 0.